The summed E-state index contributed by atoms with van der Waals surface area (Å²) in [5, 5.41) is 3.41. The third kappa shape index (κ3) is 2.56. The Bertz CT molecular complexity index is 564. The van der Waals surface area contributed by atoms with Crippen LogP contribution in [-0.2, 0) is 10.0 Å². The lowest BCUT2D eigenvalue weighted by Gasteiger charge is -2.24. The fourth-order valence-corrected chi connectivity index (χ4v) is 4.92. The number of sulfonamides is 1. The zero-order valence-electron chi connectivity index (χ0n) is 10.4. The SMILES string of the molecule is O=S(=O)(c1cncc(Br)c1)N1C[C@@H]2CCCN[C@@H]2C1. The quantitative estimate of drug-likeness (QED) is 0.875. The number of fused-ring (bicyclic) bond motifs is 1. The molecule has 2 aliphatic heterocycles. The molecule has 5 nitrogen and oxygen atoms in total. The van der Waals surface area contributed by atoms with E-state index in [9.17, 15) is 8.42 Å². The van der Waals surface area contributed by atoms with E-state index in [0.717, 1.165) is 19.4 Å². The summed E-state index contributed by atoms with van der Waals surface area (Å²) in [6.07, 6.45) is 5.24. The third-order valence-corrected chi connectivity index (χ3v) is 6.11. The Hall–Kier alpha value is -0.500. The van der Waals surface area contributed by atoms with Gasteiger partial charge in [0.25, 0.3) is 0 Å². The molecule has 0 spiro atoms. The number of nitrogens with zero attached hydrogens (tertiary/aromatic N) is 2. The molecule has 19 heavy (non-hydrogen) atoms. The minimum Gasteiger partial charge on any atom is -0.312 e. The maximum atomic E-state index is 12.6. The van der Waals surface area contributed by atoms with Gasteiger partial charge in [-0.1, -0.05) is 0 Å². The van der Waals surface area contributed by atoms with Crippen LogP contribution in [0.15, 0.2) is 27.8 Å². The highest BCUT2D eigenvalue weighted by Gasteiger charge is 2.40. The van der Waals surface area contributed by atoms with E-state index in [4.69, 9.17) is 0 Å². The highest BCUT2D eigenvalue weighted by Crippen LogP contribution is 2.29. The van der Waals surface area contributed by atoms with Gasteiger partial charge in [0.1, 0.15) is 4.90 Å². The molecular weight excluding hydrogens is 330 g/mol. The molecule has 1 aromatic heterocycles. The second-order valence-corrected chi connectivity index (χ2v) is 7.98. The monoisotopic (exact) mass is 345 g/mol. The Balaban J connectivity index is 1.85. The number of hydrogen-bond acceptors (Lipinski definition) is 4. The van der Waals surface area contributed by atoms with E-state index in [1.54, 1.807) is 16.6 Å². The van der Waals surface area contributed by atoms with Crippen molar-refractivity contribution >= 4 is 26.0 Å². The molecule has 0 saturated carbocycles. The maximum absolute atomic E-state index is 12.6. The van der Waals surface area contributed by atoms with E-state index in [1.165, 1.54) is 6.20 Å². The van der Waals surface area contributed by atoms with Gasteiger partial charge in [0, 0.05) is 36.0 Å². The number of halogens is 1. The molecule has 3 rings (SSSR count). The van der Waals surface area contributed by atoms with Gasteiger partial charge in [0.15, 0.2) is 0 Å². The van der Waals surface area contributed by atoms with Gasteiger partial charge in [-0.3, -0.25) is 4.98 Å². The average Bonchev–Trinajstić information content (AvgIpc) is 2.83. The van der Waals surface area contributed by atoms with Gasteiger partial charge in [-0.2, -0.15) is 4.31 Å². The number of rotatable bonds is 2. The standard InChI is InChI=1S/C12H16BrN3O2S/c13-10-4-11(6-14-5-10)19(17,18)16-7-9-2-1-3-15-12(9)8-16/h4-6,9,12,15H,1-3,7-8H2/t9-,12+/m0/s1. The van der Waals surface area contributed by atoms with Gasteiger partial charge < -0.3 is 5.32 Å². The van der Waals surface area contributed by atoms with Crippen LogP contribution in [0.3, 0.4) is 0 Å². The summed E-state index contributed by atoms with van der Waals surface area (Å²) in [5.74, 6) is 0.448. The largest absolute Gasteiger partial charge is 0.312 e. The van der Waals surface area contributed by atoms with Crippen molar-refractivity contribution in [3.05, 3.63) is 22.9 Å². The van der Waals surface area contributed by atoms with Gasteiger partial charge >= 0.3 is 0 Å². The Labute approximate surface area is 121 Å². The molecule has 2 fully saturated rings. The number of hydrogen-bond donors (Lipinski definition) is 1. The molecular formula is C12H16BrN3O2S. The number of piperidine rings is 1. The minimum absolute atomic E-state index is 0.264. The van der Waals surface area contributed by atoms with E-state index < -0.39 is 10.0 Å². The lowest BCUT2D eigenvalue weighted by Crippen LogP contribution is -2.41. The second-order valence-electron chi connectivity index (χ2n) is 5.12. The van der Waals surface area contributed by atoms with Crippen LogP contribution >= 0.6 is 15.9 Å². The Morgan fingerprint density at radius 2 is 2.21 bits per heavy atom. The van der Waals surface area contributed by atoms with Crippen LogP contribution in [0.2, 0.25) is 0 Å². The van der Waals surface area contributed by atoms with Crippen molar-refractivity contribution in [2.24, 2.45) is 5.92 Å². The normalized spacial score (nSPS) is 28.3. The van der Waals surface area contributed by atoms with Crippen molar-refractivity contribution in [2.75, 3.05) is 19.6 Å². The molecule has 3 heterocycles. The Morgan fingerprint density at radius 1 is 1.37 bits per heavy atom. The van der Waals surface area contributed by atoms with Gasteiger partial charge in [-0.15, -0.1) is 0 Å². The first kappa shape index (κ1) is 13.5. The fourth-order valence-electron chi connectivity index (χ4n) is 2.89. The van der Waals surface area contributed by atoms with Crippen LogP contribution in [0.1, 0.15) is 12.8 Å². The van der Waals surface area contributed by atoms with E-state index in [-0.39, 0.29) is 4.90 Å². The molecule has 0 amide bonds. The zero-order valence-corrected chi connectivity index (χ0v) is 12.8. The summed E-state index contributed by atoms with van der Waals surface area (Å²) in [6.45, 7) is 2.18. The van der Waals surface area contributed by atoms with Gasteiger partial charge in [0.05, 0.1) is 0 Å². The highest BCUT2D eigenvalue weighted by molar-refractivity contribution is 9.10. The molecule has 7 heteroatoms. The molecule has 0 unspecified atom stereocenters. The number of aromatic nitrogens is 1. The predicted molar refractivity (Wildman–Crippen MR) is 75.2 cm³/mol. The molecule has 1 N–H and O–H groups in total. The zero-order chi connectivity index (χ0) is 13.5. The molecule has 2 saturated heterocycles. The Morgan fingerprint density at radius 3 is 2.95 bits per heavy atom. The molecule has 2 aliphatic rings. The van der Waals surface area contributed by atoms with Crippen LogP contribution in [0.4, 0.5) is 0 Å². The van der Waals surface area contributed by atoms with Crippen molar-refractivity contribution in [3.63, 3.8) is 0 Å². The second kappa shape index (κ2) is 5.12. The summed E-state index contributed by atoms with van der Waals surface area (Å²) in [5.41, 5.74) is 0. The summed E-state index contributed by atoms with van der Waals surface area (Å²) >= 11 is 3.27. The van der Waals surface area contributed by atoms with Crippen LogP contribution in [0.5, 0.6) is 0 Å². The van der Waals surface area contributed by atoms with Crippen LogP contribution < -0.4 is 5.32 Å². The van der Waals surface area contributed by atoms with Crippen LogP contribution in [0, 0.1) is 5.92 Å². The smallest absolute Gasteiger partial charge is 0.244 e. The van der Waals surface area contributed by atoms with Gasteiger partial charge in [-0.05, 0) is 47.3 Å². The van der Waals surface area contributed by atoms with Crippen molar-refractivity contribution in [3.8, 4) is 0 Å². The first-order valence-corrected chi connectivity index (χ1v) is 8.65. The number of nitrogens with one attached hydrogen (secondary N) is 1. The molecule has 0 aliphatic carbocycles. The Kier molecular flexibility index (Phi) is 3.63. The van der Waals surface area contributed by atoms with Gasteiger partial charge in [-0.25, -0.2) is 8.42 Å². The minimum atomic E-state index is -3.42. The van der Waals surface area contributed by atoms with Crippen LogP contribution in [0.25, 0.3) is 0 Å². The molecule has 0 bridgehead atoms. The average molecular weight is 346 g/mol. The topological polar surface area (TPSA) is 62.3 Å². The lowest BCUT2D eigenvalue weighted by molar-refractivity contribution is 0.339. The third-order valence-electron chi connectivity index (χ3n) is 3.88. The summed E-state index contributed by atoms with van der Waals surface area (Å²) in [4.78, 5) is 4.21. The predicted octanol–water partition coefficient (Wildman–Crippen LogP) is 1.22. The first-order valence-electron chi connectivity index (χ1n) is 6.41. The van der Waals surface area contributed by atoms with E-state index >= 15 is 0 Å². The van der Waals surface area contributed by atoms with Crippen molar-refractivity contribution in [1.82, 2.24) is 14.6 Å². The van der Waals surface area contributed by atoms with Crippen molar-refractivity contribution in [1.29, 1.82) is 0 Å². The lowest BCUT2D eigenvalue weighted by atomic mass is 9.94. The maximum Gasteiger partial charge on any atom is 0.244 e. The molecule has 0 aromatic carbocycles. The highest BCUT2D eigenvalue weighted by atomic mass is 79.9. The molecule has 0 radical (unpaired) electrons. The fraction of sp³-hybridized carbons (Fsp3) is 0.583. The van der Waals surface area contributed by atoms with Crippen molar-refractivity contribution < 1.29 is 8.42 Å². The first-order chi connectivity index (χ1) is 9.07. The van der Waals surface area contributed by atoms with Crippen LogP contribution in [-0.4, -0.2) is 43.4 Å². The van der Waals surface area contributed by atoms with E-state index in [2.05, 4.69) is 26.2 Å². The number of pyridine rings is 1. The summed E-state index contributed by atoms with van der Waals surface area (Å²) in [7, 11) is -3.42. The van der Waals surface area contributed by atoms with Gasteiger partial charge in [0.2, 0.25) is 10.0 Å². The van der Waals surface area contributed by atoms with Crippen molar-refractivity contribution in [2.45, 2.75) is 23.8 Å². The molecule has 104 valence electrons. The van der Waals surface area contributed by atoms with E-state index in [0.29, 0.717) is 29.5 Å². The van der Waals surface area contributed by atoms with E-state index in [1.807, 2.05) is 0 Å². The molecule has 1 aromatic rings. The summed E-state index contributed by atoms with van der Waals surface area (Å²) in [6, 6.07) is 1.92. The molecule has 2 atom stereocenters. The summed E-state index contributed by atoms with van der Waals surface area (Å²) < 4.78 is 27.4.